The molecule has 0 aromatic heterocycles. The van der Waals surface area contributed by atoms with E-state index in [0.29, 0.717) is 12.8 Å². The molecule has 0 aliphatic carbocycles. The van der Waals surface area contributed by atoms with Crippen molar-refractivity contribution in [3.05, 3.63) is 0 Å². The lowest BCUT2D eigenvalue weighted by Crippen LogP contribution is -2.46. The molecule has 0 aromatic carbocycles. The summed E-state index contributed by atoms with van der Waals surface area (Å²) in [6.45, 7) is 3.72. The Labute approximate surface area is 90.5 Å². The van der Waals surface area contributed by atoms with E-state index in [2.05, 4.69) is 15.9 Å². The van der Waals surface area contributed by atoms with Gasteiger partial charge in [0.15, 0.2) is 0 Å². The lowest BCUT2D eigenvalue weighted by atomic mass is 10.0. The lowest BCUT2D eigenvalue weighted by molar-refractivity contribution is -0.176. The highest BCUT2D eigenvalue weighted by Crippen LogP contribution is 2.26. The number of halogens is 1. The number of hydrogen-bond acceptors (Lipinski definition) is 4. The number of nitrogens with two attached hydrogens (primary N) is 1. The highest BCUT2D eigenvalue weighted by atomic mass is 79.9. The van der Waals surface area contributed by atoms with Crippen molar-refractivity contribution in [2.24, 2.45) is 5.73 Å². The van der Waals surface area contributed by atoms with Crippen molar-refractivity contribution >= 4 is 27.9 Å². The topological polar surface area (TPSA) is 113 Å². The number of nitrogens with one attached hydrogen (secondary N) is 1. The largest absolute Gasteiger partial charge is 0.351 e. The van der Waals surface area contributed by atoms with Crippen LogP contribution in [0.3, 0.4) is 0 Å². The molecule has 14 heavy (non-hydrogen) atoms. The maximum absolute atomic E-state index is 11.3. The predicted molar refractivity (Wildman–Crippen MR) is 55.2 cm³/mol. The molecule has 0 atom stereocenters. The normalized spacial score (nSPS) is 9.79. The van der Waals surface area contributed by atoms with Crippen LogP contribution in [0.25, 0.3) is 0 Å². The quantitative estimate of drug-likeness (QED) is 0.350. The number of primary amides is 1. The summed E-state index contributed by atoms with van der Waals surface area (Å²) in [5.74, 6) is -0.375. The van der Waals surface area contributed by atoms with E-state index in [0.717, 1.165) is 0 Å². The van der Waals surface area contributed by atoms with Crippen LogP contribution in [0.15, 0.2) is 0 Å². The molecule has 0 fully saturated rings. The van der Waals surface area contributed by atoms with Crippen LogP contribution in [-0.2, 0) is 4.79 Å². The van der Waals surface area contributed by atoms with Crippen LogP contribution in [0, 0.1) is 0 Å². The van der Waals surface area contributed by atoms with Crippen molar-refractivity contribution in [2.75, 3.05) is 0 Å². The number of rotatable bonds is 3. The van der Waals surface area contributed by atoms with Crippen LogP contribution in [0.1, 0.15) is 26.7 Å². The molecule has 3 amide bonds. The summed E-state index contributed by atoms with van der Waals surface area (Å²) >= 11 is 3.26. The Kier molecular flexibility index (Phi) is 8.71. The first kappa shape index (κ1) is 15.8. The molecular weight excluding hydrogens is 256 g/mol. The fourth-order valence-electron chi connectivity index (χ4n) is 0.795. The van der Waals surface area contributed by atoms with E-state index in [9.17, 15) is 9.59 Å². The van der Waals surface area contributed by atoms with Gasteiger partial charge in [0.25, 0.3) is 0 Å². The maximum atomic E-state index is 11.3. The molecule has 0 aliphatic heterocycles. The number of urea groups is 1. The molecule has 0 spiro atoms. The van der Waals surface area contributed by atoms with E-state index in [1.54, 1.807) is 0 Å². The average Bonchev–Trinajstić information content (AvgIpc) is 2.18. The van der Waals surface area contributed by atoms with E-state index in [1.807, 2.05) is 19.2 Å². The highest BCUT2D eigenvalue weighted by Gasteiger charge is 2.32. The molecule has 5 N–H and O–H groups in total. The molecule has 84 valence electrons. The summed E-state index contributed by atoms with van der Waals surface area (Å²) in [5.41, 5.74) is 4.81. The maximum Gasteiger partial charge on any atom is 0.318 e. The van der Waals surface area contributed by atoms with E-state index < -0.39 is 10.4 Å². The van der Waals surface area contributed by atoms with Crippen LogP contribution in [0.5, 0.6) is 0 Å². The molecule has 0 saturated heterocycles. The number of amides is 3. The second-order valence-corrected chi connectivity index (χ2v) is 4.01. The van der Waals surface area contributed by atoms with E-state index in [-0.39, 0.29) is 5.91 Å². The number of hydrogen-bond donors (Lipinski definition) is 4. The molecule has 0 bridgehead atoms. The molecule has 0 radical (unpaired) electrons. The van der Waals surface area contributed by atoms with E-state index in [1.165, 1.54) is 0 Å². The van der Waals surface area contributed by atoms with Gasteiger partial charge in [-0.1, -0.05) is 29.8 Å². The zero-order chi connectivity index (χ0) is 11.8. The summed E-state index contributed by atoms with van der Waals surface area (Å²) in [4.78, 5) is 21.6. The van der Waals surface area contributed by atoms with Gasteiger partial charge in [-0.2, -0.15) is 0 Å². The van der Waals surface area contributed by atoms with Gasteiger partial charge in [0.1, 0.15) is 4.32 Å². The molecule has 0 unspecified atom stereocenters. The third-order valence-corrected chi connectivity index (χ3v) is 3.25. The lowest BCUT2D eigenvalue weighted by Gasteiger charge is -2.21. The van der Waals surface area contributed by atoms with E-state index in [4.69, 9.17) is 16.2 Å². The Morgan fingerprint density at radius 1 is 1.36 bits per heavy atom. The minimum absolute atomic E-state index is 0.375. The Balaban J connectivity index is 0. The standard InChI is InChI=1S/C7H13BrN2O2.H2O2/c1-3-7(8,4-2)5(11)10-6(9)12;1-2/h3-4H2,1-2H3,(H3,9,10,11,12);1-2H. The third kappa shape index (κ3) is 5.15. The smallest absolute Gasteiger partial charge is 0.318 e. The van der Waals surface area contributed by atoms with Crippen molar-refractivity contribution in [1.29, 1.82) is 0 Å². The van der Waals surface area contributed by atoms with Gasteiger partial charge in [-0.15, -0.1) is 0 Å². The first-order chi connectivity index (χ1) is 6.46. The van der Waals surface area contributed by atoms with Crippen LogP contribution >= 0.6 is 15.9 Å². The van der Waals surface area contributed by atoms with Gasteiger partial charge in [-0.25, -0.2) is 4.79 Å². The Morgan fingerprint density at radius 2 is 1.71 bits per heavy atom. The second kappa shape index (κ2) is 7.72. The second-order valence-electron chi connectivity index (χ2n) is 2.49. The summed E-state index contributed by atoms with van der Waals surface area (Å²) in [6, 6.07) is -0.814. The summed E-state index contributed by atoms with van der Waals surface area (Å²) < 4.78 is -0.665. The number of alkyl halides is 1. The predicted octanol–water partition coefficient (Wildman–Crippen LogP) is 1.15. The van der Waals surface area contributed by atoms with Crippen molar-refractivity contribution in [2.45, 2.75) is 31.0 Å². The number of imide groups is 1. The third-order valence-electron chi connectivity index (χ3n) is 1.76. The van der Waals surface area contributed by atoms with Crippen molar-refractivity contribution in [3.63, 3.8) is 0 Å². The summed E-state index contributed by atoms with van der Waals surface area (Å²) in [6.07, 6.45) is 1.23. The minimum atomic E-state index is -0.814. The van der Waals surface area contributed by atoms with Crippen LogP contribution in [-0.4, -0.2) is 26.8 Å². The first-order valence-electron chi connectivity index (χ1n) is 3.96. The van der Waals surface area contributed by atoms with Crippen LogP contribution < -0.4 is 11.1 Å². The molecule has 0 saturated carbocycles. The van der Waals surface area contributed by atoms with Crippen LogP contribution in [0.4, 0.5) is 4.79 Å². The van der Waals surface area contributed by atoms with Gasteiger partial charge in [0.2, 0.25) is 5.91 Å². The van der Waals surface area contributed by atoms with Gasteiger partial charge in [-0.3, -0.25) is 20.6 Å². The van der Waals surface area contributed by atoms with E-state index >= 15 is 0 Å². The fraction of sp³-hybridized carbons (Fsp3) is 0.714. The van der Waals surface area contributed by atoms with Crippen molar-refractivity contribution in [1.82, 2.24) is 5.32 Å². The molecule has 0 heterocycles. The average molecular weight is 271 g/mol. The zero-order valence-electron chi connectivity index (χ0n) is 8.08. The van der Waals surface area contributed by atoms with Crippen molar-refractivity contribution in [3.8, 4) is 0 Å². The molecule has 0 aromatic rings. The van der Waals surface area contributed by atoms with Gasteiger partial charge < -0.3 is 5.73 Å². The molecule has 0 aliphatic rings. The monoisotopic (exact) mass is 270 g/mol. The summed E-state index contributed by atoms with van der Waals surface area (Å²) in [5, 5.41) is 14.0. The van der Waals surface area contributed by atoms with Gasteiger partial charge in [0.05, 0.1) is 0 Å². The summed E-state index contributed by atoms with van der Waals surface area (Å²) in [7, 11) is 0. The molecule has 7 heteroatoms. The van der Waals surface area contributed by atoms with Crippen LogP contribution in [0.2, 0.25) is 0 Å². The minimum Gasteiger partial charge on any atom is -0.351 e. The van der Waals surface area contributed by atoms with Gasteiger partial charge >= 0.3 is 6.03 Å². The molecule has 0 rings (SSSR count). The van der Waals surface area contributed by atoms with Crippen molar-refractivity contribution < 1.29 is 20.1 Å². The number of carbonyl (C=O) groups excluding carboxylic acids is 2. The van der Waals surface area contributed by atoms with Gasteiger partial charge in [-0.05, 0) is 12.8 Å². The molecular formula is C7H15BrN2O4. The number of carbonyl (C=O) groups is 2. The fourth-order valence-corrected chi connectivity index (χ4v) is 0.894. The Morgan fingerprint density at radius 3 is 1.93 bits per heavy atom. The highest BCUT2D eigenvalue weighted by molar-refractivity contribution is 9.10. The van der Waals surface area contributed by atoms with Gasteiger partial charge in [0, 0.05) is 0 Å². The Hall–Kier alpha value is -0.660. The SMILES string of the molecule is CCC(Br)(CC)C(=O)NC(N)=O.OO. The molecule has 6 nitrogen and oxygen atoms in total. The first-order valence-corrected chi connectivity index (χ1v) is 4.75. The Bertz CT molecular complexity index is 194. The zero-order valence-corrected chi connectivity index (χ0v) is 9.67.